The first-order chi connectivity index (χ1) is 16.0. The van der Waals surface area contributed by atoms with Crippen molar-refractivity contribution < 1.29 is 30.4 Å². The lowest BCUT2D eigenvalue weighted by molar-refractivity contribution is 0.103. The number of sulfone groups is 1. The number of H-pyrrole nitrogens is 1. The third-order valence-electron chi connectivity index (χ3n) is 5.34. The Bertz CT molecular complexity index is 1490. The summed E-state index contributed by atoms with van der Waals surface area (Å²) < 4.78 is 79.5. The van der Waals surface area contributed by atoms with Crippen molar-refractivity contribution in [3.63, 3.8) is 0 Å². The first-order valence-corrected chi connectivity index (χ1v) is 13.8. The summed E-state index contributed by atoms with van der Waals surface area (Å²) in [6.07, 6.45) is 3.02. The third kappa shape index (κ3) is 4.73. The second kappa shape index (κ2) is 8.91. The molecule has 4 rings (SSSR count). The highest BCUT2D eigenvalue weighted by atomic mass is 32.2. The number of fused-ring (bicyclic) bond motifs is 1. The second-order valence-corrected chi connectivity index (χ2v) is 12.0. The lowest BCUT2D eigenvalue weighted by Gasteiger charge is -2.14. The van der Waals surface area contributed by atoms with Crippen LogP contribution in [-0.2, 0) is 19.9 Å². The molecule has 182 valence electrons. The van der Waals surface area contributed by atoms with Crippen molar-refractivity contribution in [2.75, 3.05) is 27.3 Å². The van der Waals surface area contributed by atoms with Crippen molar-refractivity contribution in [1.29, 1.82) is 0 Å². The molecule has 0 bridgehead atoms. The van der Waals surface area contributed by atoms with Crippen molar-refractivity contribution in [3.05, 3.63) is 47.4 Å². The molecule has 3 aromatic rings. The van der Waals surface area contributed by atoms with Gasteiger partial charge in [-0.1, -0.05) is 6.92 Å². The van der Waals surface area contributed by atoms with E-state index in [1.165, 1.54) is 12.5 Å². The van der Waals surface area contributed by atoms with Crippen LogP contribution in [-0.4, -0.2) is 60.9 Å². The minimum atomic E-state index is -3.89. The van der Waals surface area contributed by atoms with E-state index >= 15 is 4.39 Å². The van der Waals surface area contributed by atoms with Gasteiger partial charge in [0.15, 0.2) is 15.7 Å². The molecule has 2 aromatic heterocycles. The van der Waals surface area contributed by atoms with Crippen LogP contribution >= 0.6 is 0 Å². The molecule has 1 aliphatic rings. The van der Waals surface area contributed by atoms with Crippen molar-refractivity contribution in [3.8, 4) is 0 Å². The molecule has 1 aromatic carbocycles. The van der Waals surface area contributed by atoms with E-state index < -0.39 is 54.6 Å². The summed E-state index contributed by atoms with van der Waals surface area (Å²) in [5, 5.41) is 3.11. The van der Waals surface area contributed by atoms with Crippen LogP contribution in [0.15, 0.2) is 24.7 Å². The topological polar surface area (TPSA) is 151 Å². The first-order valence-electron chi connectivity index (χ1n) is 10.3. The van der Waals surface area contributed by atoms with Gasteiger partial charge in [0.05, 0.1) is 39.5 Å². The molecule has 0 aliphatic carbocycles. The molecule has 0 saturated carbocycles. The van der Waals surface area contributed by atoms with E-state index in [-0.39, 0.29) is 46.1 Å². The summed E-state index contributed by atoms with van der Waals surface area (Å²) in [7, 11) is -7.09. The van der Waals surface area contributed by atoms with Crippen LogP contribution in [0.5, 0.6) is 0 Å². The van der Waals surface area contributed by atoms with Crippen LogP contribution in [0.4, 0.5) is 20.3 Å². The molecule has 0 spiro atoms. The molecule has 14 heteroatoms. The number of sulfonamides is 1. The molecule has 1 unspecified atom stereocenters. The predicted octanol–water partition coefficient (Wildman–Crippen LogP) is 2.22. The van der Waals surface area contributed by atoms with Crippen molar-refractivity contribution in [2.45, 2.75) is 25.8 Å². The van der Waals surface area contributed by atoms with Gasteiger partial charge in [-0.15, -0.1) is 0 Å². The summed E-state index contributed by atoms with van der Waals surface area (Å²) in [6, 6.07) is 1.25. The maximum atomic E-state index is 15.1. The summed E-state index contributed by atoms with van der Waals surface area (Å²) in [5.74, 6) is -3.84. The Morgan fingerprint density at radius 1 is 1.26 bits per heavy atom. The highest BCUT2D eigenvalue weighted by Crippen LogP contribution is 2.30. The van der Waals surface area contributed by atoms with E-state index in [9.17, 15) is 26.0 Å². The third-order valence-corrected chi connectivity index (χ3v) is 8.59. The SMILES string of the molecule is CCCS(=O)(=O)Nc1ccc(F)c(C(=O)c2c[nH]c3ncnc(NC4CCS(=O)(=O)C4)c23)c1F. The zero-order chi connectivity index (χ0) is 24.7. The summed E-state index contributed by atoms with van der Waals surface area (Å²) >= 11 is 0. The Hall–Kier alpha value is -3.13. The summed E-state index contributed by atoms with van der Waals surface area (Å²) in [5.41, 5.74) is -1.47. The van der Waals surface area contributed by atoms with Gasteiger partial charge in [0, 0.05) is 12.2 Å². The Kier molecular flexibility index (Phi) is 6.29. The summed E-state index contributed by atoms with van der Waals surface area (Å²) in [6.45, 7) is 1.63. The van der Waals surface area contributed by atoms with Gasteiger partial charge in [-0.2, -0.15) is 0 Å². The van der Waals surface area contributed by atoms with Crippen LogP contribution in [0.3, 0.4) is 0 Å². The fourth-order valence-electron chi connectivity index (χ4n) is 3.81. The number of halogens is 2. The van der Waals surface area contributed by atoms with Gasteiger partial charge < -0.3 is 10.3 Å². The molecule has 3 heterocycles. The zero-order valence-electron chi connectivity index (χ0n) is 17.9. The molecular weight excluding hydrogens is 492 g/mol. The fourth-order valence-corrected chi connectivity index (χ4v) is 6.62. The van der Waals surface area contributed by atoms with Gasteiger partial charge in [-0.25, -0.2) is 35.6 Å². The number of nitrogens with zero attached hydrogens (tertiary/aromatic N) is 2. The summed E-state index contributed by atoms with van der Waals surface area (Å²) in [4.78, 5) is 24.1. The molecular formula is C20H21F2N5O5S2. The molecule has 0 radical (unpaired) electrons. The second-order valence-electron chi connectivity index (χ2n) is 7.93. The van der Waals surface area contributed by atoms with Gasteiger partial charge in [-0.3, -0.25) is 9.52 Å². The Morgan fingerprint density at radius 3 is 2.71 bits per heavy atom. The number of hydrogen-bond acceptors (Lipinski definition) is 8. The Morgan fingerprint density at radius 2 is 2.03 bits per heavy atom. The molecule has 34 heavy (non-hydrogen) atoms. The van der Waals surface area contributed by atoms with Gasteiger partial charge in [0.25, 0.3) is 0 Å². The van der Waals surface area contributed by atoms with Crippen molar-refractivity contribution >= 4 is 48.2 Å². The zero-order valence-corrected chi connectivity index (χ0v) is 19.6. The number of carbonyl (C=O) groups is 1. The number of nitrogens with one attached hydrogen (secondary N) is 3. The maximum absolute atomic E-state index is 15.1. The molecule has 1 atom stereocenters. The van der Waals surface area contributed by atoms with Crippen LogP contribution in [0.25, 0.3) is 11.0 Å². The maximum Gasteiger partial charge on any atom is 0.232 e. The normalized spacial score (nSPS) is 17.7. The number of carbonyl (C=O) groups excluding carboxylic acids is 1. The number of aromatic amines is 1. The number of hydrogen-bond donors (Lipinski definition) is 3. The first kappa shape index (κ1) is 24.0. The smallest absolute Gasteiger partial charge is 0.232 e. The average molecular weight is 514 g/mol. The Balaban J connectivity index is 1.75. The highest BCUT2D eigenvalue weighted by Gasteiger charge is 2.30. The molecule has 1 saturated heterocycles. The lowest BCUT2D eigenvalue weighted by atomic mass is 10.0. The van der Waals surface area contributed by atoms with E-state index in [1.54, 1.807) is 6.92 Å². The predicted molar refractivity (Wildman–Crippen MR) is 122 cm³/mol. The average Bonchev–Trinajstić information content (AvgIpc) is 3.33. The lowest BCUT2D eigenvalue weighted by Crippen LogP contribution is -2.21. The number of benzene rings is 1. The van der Waals surface area contributed by atoms with E-state index in [1.807, 2.05) is 4.72 Å². The van der Waals surface area contributed by atoms with Crippen LogP contribution in [0, 0.1) is 11.6 Å². The van der Waals surface area contributed by atoms with Crippen LogP contribution in [0.1, 0.15) is 35.7 Å². The number of rotatable bonds is 8. The molecule has 1 fully saturated rings. The molecule has 1 aliphatic heterocycles. The standard InChI is InChI=1S/C20H21F2N5O5S2/c1-2-6-34(31,32)27-14-4-3-13(21)16(17(14)22)18(28)12-8-23-19-15(12)20(25-10-24-19)26-11-5-7-33(29,30)9-11/h3-4,8,10-11,27H,2,5-7,9H2,1H3,(H2,23,24,25,26). The van der Waals surface area contributed by atoms with Crippen molar-refractivity contribution in [2.24, 2.45) is 0 Å². The van der Waals surface area contributed by atoms with Gasteiger partial charge in [0.2, 0.25) is 15.8 Å². The highest BCUT2D eigenvalue weighted by molar-refractivity contribution is 7.92. The minimum Gasteiger partial charge on any atom is -0.366 e. The van der Waals surface area contributed by atoms with E-state index in [4.69, 9.17) is 0 Å². The number of ketones is 1. The fraction of sp³-hybridized carbons (Fsp3) is 0.350. The number of anilines is 2. The molecule has 10 nitrogen and oxygen atoms in total. The molecule has 3 N–H and O–H groups in total. The van der Waals surface area contributed by atoms with E-state index in [2.05, 4.69) is 20.3 Å². The van der Waals surface area contributed by atoms with E-state index in [0.29, 0.717) is 6.42 Å². The van der Waals surface area contributed by atoms with Crippen molar-refractivity contribution in [1.82, 2.24) is 15.0 Å². The number of aromatic nitrogens is 3. The van der Waals surface area contributed by atoms with E-state index in [0.717, 1.165) is 12.1 Å². The monoisotopic (exact) mass is 513 g/mol. The van der Waals surface area contributed by atoms with Crippen LogP contribution in [0.2, 0.25) is 0 Å². The minimum absolute atomic E-state index is 0.00890. The Labute approximate surface area is 194 Å². The van der Waals surface area contributed by atoms with Gasteiger partial charge in [-0.05, 0) is 25.0 Å². The van der Waals surface area contributed by atoms with Gasteiger partial charge in [0.1, 0.15) is 23.6 Å². The molecule has 0 amide bonds. The van der Waals surface area contributed by atoms with Crippen LogP contribution < -0.4 is 10.0 Å². The largest absolute Gasteiger partial charge is 0.366 e. The quantitative estimate of drug-likeness (QED) is 0.388. The van der Waals surface area contributed by atoms with Gasteiger partial charge >= 0.3 is 0 Å².